The van der Waals surface area contributed by atoms with Crippen LogP contribution in [0.15, 0.2) is 16.5 Å². The number of nitrogens with one attached hydrogen (secondary N) is 1. The molecule has 0 saturated heterocycles. The van der Waals surface area contributed by atoms with Gasteiger partial charge in [-0.1, -0.05) is 13.3 Å². The maximum Gasteiger partial charge on any atom is 0.164 e. The molecule has 3 nitrogen and oxygen atoms in total. The Balaban J connectivity index is 2.66. The van der Waals surface area contributed by atoms with E-state index in [1.165, 1.54) is 0 Å². The predicted octanol–water partition coefficient (Wildman–Crippen LogP) is 2.19. The molecule has 0 fully saturated rings. The second-order valence-corrected chi connectivity index (χ2v) is 3.71. The number of furan rings is 1. The zero-order valence-electron chi connectivity index (χ0n) is 7.01. The van der Waals surface area contributed by atoms with Gasteiger partial charge in [-0.25, -0.2) is 5.43 Å². The van der Waals surface area contributed by atoms with Crippen molar-refractivity contribution in [2.24, 2.45) is 5.84 Å². The number of hydrogen-bond donors (Lipinski definition) is 2. The molecule has 0 radical (unpaired) electrons. The lowest BCUT2D eigenvalue weighted by Gasteiger charge is -2.10. The summed E-state index contributed by atoms with van der Waals surface area (Å²) in [5.41, 5.74) is 2.74. The second-order valence-electron chi connectivity index (χ2n) is 2.65. The summed E-state index contributed by atoms with van der Waals surface area (Å²) < 4.78 is 6.34. The van der Waals surface area contributed by atoms with Crippen molar-refractivity contribution in [3.05, 3.63) is 21.7 Å². The van der Waals surface area contributed by atoms with Gasteiger partial charge in [0.2, 0.25) is 0 Å². The van der Waals surface area contributed by atoms with E-state index >= 15 is 0 Å². The molecule has 0 spiro atoms. The van der Waals surface area contributed by atoms with Gasteiger partial charge in [0, 0.05) is 0 Å². The second kappa shape index (κ2) is 4.84. The molecule has 0 aliphatic carbocycles. The number of hydrazine groups is 1. The molecule has 0 aliphatic rings. The minimum atomic E-state index is 0.151. The molecule has 1 atom stereocenters. The Kier molecular flexibility index (Phi) is 4.03. The van der Waals surface area contributed by atoms with Gasteiger partial charge >= 0.3 is 0 Å². The molecule has 68 valence electrons. The lowest BCUT2D eigenvalue weighted by molar-refractivity contribution is 0.387. The fourth-order valence-corrected chi connectivity index (χ4v) is 1.55. The lowest BCUT2D eigenvalue weighted by atomic mass is 10.1. The van der Waals surface area contributed by atoms with E-state index in [0.29, 0.717) is 0 Å². The van der Waals surface area contributed by atoms with Gasteiger partial charge in [0.15, 0.2) is 3.77 Å². The van der Waals surface area contributed by atoms with Gasteiger partial charge in [0.25, 0.3) is 0 Å². The van der Waals surface area contributed by atoms with Crippen LogP contribution in [0, 0.1) is 3.77 Å². The van der Waals surface area contributed by atoms with Gasteiger partial charge in [-0.3, -0.25) is 5.84 Å². The number of halogens is 1. The van der Waals surface area contributed by atoms with Gasteiger partial charge in [-0.2, -0.15) is 0 Å². The summed E-state index contributed by atoms with van der Waals surface area (Å²) in [7, 11) is 0. The Hall–Kier alpha value is -0.0700. The van der Waals surface area contributed by atoms with Gasteiger partial charge in [-0.15, -0.1) is 0 Å². The van der Waals surface area contributed by atoms with Gasteiger partial charge < -0.3 is 4.42 Å². The molecule has 3 N–H and O–H groups in total. The Labute approximate surface area is 85.8 Å². The summed E-state index contributed by atoms with van der Waals surface area (Å²) in [6.07, 6.45) is 2.09. The first-order valence-electron chi connectivity index (χ1n) is 3.99. The molecule has 0 amide bonds. The molecule has 0 bridgehead atoms. The zero-order chi connectivity index (χ0) is 8.97. The molecule has 12 heavy (non-hydrogen) atoms. The standard InChI is InChI=1S/C8H13IN2O/c1-2-3-6(11-10)7-4-5-8(9)12-7/h4-6,11H,2-3,10H2,1H3. The van der Waals surface area contributed by atoms with Crippen LogP contribution in [-0.4, -0.2) is 0 Å². The molecule has 0 aliphatic heterocycles. The van der Waals surface area contributed by atoms with E-state index in [1.54, 1.807) is 0 Å². The average molecular weight is 280 g/mol. The lowest BCUT2D eigenvalue weighted by Crippen LogP contribution is -2.27. The maximum absolute atomic E-state index is 5.43. The van der Waals surface area contributed by atoms with Crippen LogP contribution in [0.2, 0.25) is 0 Å². The van der Waals surface area contributed by atoms with Crippen molar-refractivity contribution in [3.63, 3.8) is 0 Å². The third-order valence-electron chi connectivity index (χ3n) is 1.72. The van der Waals surface area contributed by atoms with E-state index < -0.39 is 0 Å². The third-order valence-corrected chi connectivity index (χ3v) is 2.30. The average Bonchev–Trinajstić information content (AvgIpc) is 2.47. The first-order chi connectivity index (χ1) is 5.77. The maximum atomic E-state index is 5.43. The van der Waals surface area contributed by atoms with E-state index in [9.17, 15) is 0 Å². The van der Waals surface area contributed by atoms with Crippen molar-refractivity contribution in [1.29, 1.82) is 0 Å². The van der Waals surface area contributed by atoms with Gasteiger partial charge in [-0.05, 0) is 41.1 Å². The molecule has 1 unspecified atom stereocenters. The van der Waals surface area contributed by atoms with E-state index in [0.717, 1.165) is 22.4 Å². The smallest absolute Gasteiger partial charge is 0.164 e. The first-order valence-corrected chi connectivity index (χ1v) is 5.07. The highest BCUT2D eigenvalue weighted by Crippen LogP contribution is 2.20. The Morgan fingerprint density at radius 2 is 2.42 bits per heavy atom. The normalized spacial score (nSPS) is 13.2. The summed E-state index contributed by atoms with van der Waals surface area (Å²) in [4.78, 5) is 0. The summed E-state index contributed by atoms with van der Waals surface area (Å²) in [6.45, 7) is 2.12. The van der Waals surface area contributed by atoms with Crippen LogP contribution < -0.4 is 11.3 Å². The van der Waals surface area contributed by atoms with Crippen LogP contribution >= 0.6 is 22.6 Å². The summed E-state index contributed by atoms with van der Waals surface area (Å²) in [6, 6.07) is 4.05. The van der Waals surface area contributed by atoms with Crippen LogP contribution in [0.5, 0.6) is 0 Å². The minimum absolute atomic E-state index is 0.151. The molecule has 0 saturated carbocycles. The SMILES string of the molecule is CCCC(NN)c1ccc(I)o1. The predicted molar refractivity (Wildman–Crippen MR) is 56.4 cm³/mol. The topological polar surface area (TPSA) is 51.2 Å². The molecular weight excluding hydrogens is 267 g/mol. The molecule has 1 heterocycles. The minimum Gasteiger partial charge on any atom is -0.454 e. The monoisotopic (exact) mass is 280 g/mol. The number of nitrogens with two attached hydrogens (primary N) is 1. The highest BCUT2D eigenvalue weighted by atomic mass is 127. The van der Waals surface area contributed by atoms with E-state index in [1.807, 2.05) is 12.1 Å². The van der Waals surface area contributed by atoms with Crippen LogP contribution in [0.3, 0.4) is 0 Å². The third kappa shape index (κ3) is 2.46. The van der Waals surface area contributed by atoms with Crippen LogP contribution in [0.1, 0.15) is 31.6 Å². The van der Waals surface area contributed by atoms with Crippen molar-refractivity contribution in [2.45, 2.75) is 25.8 Å². The molecule has 1 aromatic rings. The summed E-state index contributed by atoms with van der Waals surface area (Å²) in [5, 5.41) is 0. The van der Waals surface area contributed by atoms with Crippen molar-refractivity contribution in [2.75, 3.05) is 0 Å². The number of hydrogen-bond acceptors (Lipinski definition) is 3. The first kappa shape index (κ1) is 10.0. The highest BCUT2D eigenvalue weighted by Gasteiger charge is 2.11. The van der Waals surface area contributed by atoms with Crippen molar-refractivity contribution >= 4 is 22.6 Å². The molecular formula is C8H13IN2O. The van der Waals surface area contributed by atoms with E-state index in [4.69, 9.17) is 10.3 Å². The quantitative estimate of drug-likeness (QED) is 0.505. The summed E-state index contributed by atoms with van der Waals surface area (Å²) >= 11 is 2.14. The number of rotatable bonds is 4. The fraction of sp³-hybridized carbons (Fsp3) is 0.500. The molecule has 1 aromatic heterocycles. The Morgan fingerprint density at radius 1 is 1.67 bits per heavy atom. The van der Waals surface area contributed by atoms with Crippen molar-refractivity contribution in [3.8, 4) is 0 Å². The molecule has 1 rings (SSSR count). The van der Waals surface area contributed by atoms with Crippen LogP contribution in [0.4, 0.5) is 0 Å². The van der Waals surface area contributed by atoms with Crippen LogP contribution in [-0.2, 0) is 0 Å². The zero-order valence-corrected chi connectivity index (χ0v) is 9.17. The molecule has 4 heteroatoms. The van der Waals surface area contributed by atoms with E-state index in [-0.39, 0.29) is 6.04 Å². The van der Waals surface area contributed by atoms with Crippen LogP contribution in [0.25, 0.3) is 0 Å². The fourth-order valence-electron chi connectivity index (χ4n) is 1.11. The van der Waals surface area contributed by atoms with E-state index in [2.05, 4.69) is 34.9 Å². The van der Waals surface area contributed by atoms with Gasteiger partial charge in [0.1, 0.15) is 5.76 Å². The highest BCUT2D eigenvalue weighted by molar-refractivity contribution is 14.1. The largest absolute Gasteiger partial charge is 0.454 e. The van der Waals surface area contributed by atoms with Gasteiger partial charge in [0.05, 0.1) is 6.04 Å². The van der Waals surface area contributed by atoms with Crippen molar-refractivity contribution < 1.29 is 4.42 Å². The Morgan fingerprint density at radius 3 is 2.83 bits per heavy atom. The molecule has 0 aromatic carbocycles. The Bertz CT molecular complexity index is 237. The van der Waals surface area contributed by atoms with Crippen molar-refractivity contribution in [1.82, 2.24) is 5.43 Å². The summed E-state index contributed by atoms with van der Waals surface area (Å²) in [5.74, 6) is 6.31.